The van der Waals surface area contributed by atoms with E-state index in [1.807, 2.05) is 29.7 Å². The molecule has 2 rings (SSSR count). The smallest absolute Gasteiger partial charge is 0.341 e. The molecule has 122 valence electrons. The first-order valence-corrected chi connectivity index (χ1v) is 8.71. The Labute approximate surface area is 145 Å². The van der Waals surface area contributed by atoms with Gasteiger partial charge in [-0.2, -0.15) is 0 Å². The Morgan fingerprint density at radius 2 is 2.04 bits per heavy atom. The fourth-order valence-corrected chi connectivity index (χ4v) is 3.17. The maximum Gasteiger partial charge on any atom is 0.341 e. The summed E-state index contributed by atoms with van der Waals surface area (Å²) in [7, 11) is 0. The lowest BCUT2D eigenvalue weighted by Gasteiger charge is -2.07. The lowest BCUT2D eigenvalue weighted by molar-refractivity contribution is 0.0528. The van der Waals surface area contributed by atoms with E-state index in [9.17, 15) is 4.79 Å². The number of hydrogen-bond donors (Lipinski definition) is 1. The van der Waals surface area contributed by atoms with Crippen LogP contribution >= 0.6 is 22.9 Å². The number of esters is 1. The molecule has 1 aromatic carbocycles. The van der Waals surface area contributed by atoms with Crippen molar-refractivity contribution < 1.29 is 9.53 Å². The van der Waals surface area contributed by atoms with Crippen LogP contribution in [0.2, 0.25) is 5.02 Å². The summed E-state index contributed by atoms with van der Waals surface area (Å²) in [5.74, 6) is 0.0322. The SMILES string of the molecule is CCOC(=O)c1c(/C=C/c2ccc(C(C)C)cc2Cl)csc1N. The second-order valence-electron chi connectivity index (χ2n) is 5.42. The molecule has 0 spiro atoms. The predicted molar refractivity (Wildman–Crippen MR) is 99.2 cm³/mol. The van der Waals surface area contributed by atoms with Gasteiger partial charge in [-0.1, -0.05) is 49.7 Å². The van der Waals surface area contributed by atoms with Crippen molar-refractivity contribution in [3.8, 4) is 0 Å². The predicted octanol–water partition coefficient (Wildman–Crippen LogP) is 5.45. The Hall–Kier alpha value is -1.78. The summed E-state index contributed by atoms with van der Waals surface area (Å²) >= 11 is 7.66. The van der Waals surface area contributed by atoms with Crippen LogP contribution in [-0.2, 0) is 4.74 Å². The van der Waals surface area contributed by atoms with Gasteiger partial charge in [0.1, 0.15) is 10.6 Å². The van der Waals surface area contributed by atoms with Gasteiger partial charge in [0.2, 0.25) is 0 Å². The number of halogens is 1. The first kappa shape index (κ1) is 17.6. The zero-order valence-electron chi connectivity index (χ0n) is 13.4. The van der Waals surface area contributed by atoms with E-state index in [0.717, 1.165) is 11.1 Å². The Morgan fingerprint density at radius 1 is 1.35 bits per heavy atom. The molecule has 0 aliphatic rings. The summed E-state index contributed by atoms with van der Waals surface area (Å²) in [5, 5.41) is 2.99. The number of carbonyl (C=O) groups is 1. The normalized spacial score (nSPS) is 11.3. The van der Waals surface area contributed by atoms with Gasteiger partial charge in [-0.05, 0) is 30.0 Å². The van der Waals surface area contributed by atoms with Gasteiger partial charge in [0, 0.05) is 16.0 Å². The highest BCUT2D eigenvalue weighted by Gasteiger charge is 2.17. The molecule has 23 heavy (non-hydrogen) atoms. The number of anilines is 1. The number of nitrogen functional groups attached to an aromatic ring is 1. The molecule has 0 unspecified atom stereocenters. The standard InChI is InChI=1S/C18H20ClNO2S/c1-4-22-18(21)16-14(10-23-17(16)20)8-6-12-5-7-13(11(2)3)9-15(12)19/h5-11H,4,20H2,1-3H3/b8-6+. The molecule has 1 heterocycles. The molecule has 0 atom stereocenters. The molecular formula is C18H20ClNO2S. The zero-order chi connectivity index (χ0) is 17.0. The highest BCUT2D eigenvalue weighted by atomic mass is 35.5. The average Bonchev–Trinajstić information content (AvgIpc) is 2.87. The molecule has 5 heteroatoms. The van der Waals surface area contributed by atoms with Crippen LogP contribution in [0.4, 0.5) is 5.00 Å². The molecule has 2 aromatic rings. The fraction of sp³-hybridized carbons (Fsp3) is 0.278. The van der Waals surface area contributed by atoms with Crippen LogP contribution in [0, 0.1) is 0 Å². The van der Waals surface area contributed by atoms with Gasteiger partial charge in [0.15, 0.2) is 0 Å². The lowest BCUT2D eigenvalue weighted by Crippen LogP contribution is -2.07. The molecule has 1 aromatic heterocycles. The summed E-state index contributed by atoms with van der Waals surface area (Å²) in [5.41, 5.74) is 9.14. The van der Waals surface area contributed by atoms with E-state index in [-0.39, 0.29) is 0 Å². The molecule has 0 fully saturated rings. The number of thiophene rings is 1. The largest absolute Gasteiger partial charge is 0.462 e. The number of carbonyl (C=O) groups excluding carboxylic acids is 1. The molecule has 0 radical (unpaired) electrons. The summed E-state index contributed by atoms with van der Waals surface area (Å²) in [6.45, 7) is 6.34. The van der Waals surface area contributed by atoms with Gasteiger partial charge in [-0.3, -0.25) is 0 Å². The van der Waals surface area contributed by atoms with E-state index in [1.54, 1.807) is 6.92 Å². The van der Waals surface area contributed by atoms with E-state index in [4.69, 9.17) is 22.1 Å². The number of hydrogen-bond acceptors (Lipinski definition) is 4. The van der Waals surface area contributed by atoms with Crippen molar-refractivity contribution in [1.29, 1.82) is 0 Å². The molecule has 3 nitrogen and oxygen atoms in total. The van der Waals surface area contributed by atoms with Crippen LogP contribution < -0.4 is 5.73 Å². The van der Waals surface area contributed by atoms with Crippen LogP contribution in [0.3, 0.4) is 0 Å². The molecule has 0 saturated heterocycles. The third kappa shape index (κ3) is 4.15. The molecule has 0 amide bonds. The van der Waals surface area contributed by atoms with Gasteiger partial charge < -0.3 is 10.5 Å². The second kappa shape index (κ2) is 7.66. The van der Waals surface area contributed by atoms with Crippen molar-refractivity contribution in [3.05, 3.63) is 50.9 Å². The monoisotopic (exact) mass is 349 g/mol. The van der Waals surface area contributed by atoms with Crippen molar-refractivity contribution >= 4 is 46.1 Å². The Morgan fingerprint density at radius 3 is 2.65 bits per heavy atom. The highest BCUT2D eigenvalue weighted by molar-refractivity contribution is 7.14. The summed E-state index contributed by atoms with van der Waals surface area (Å²) < 4.78 is 5.05. The van der Waals surface area contributed by atoms with Crippen LogP contribution in [0.25, 0.3) is 12.2 Å². The minimum absolute atomic E-state index is 0.319. The third-order valence-electron chi connectivity index (χ3n) is 3.46. The molecule has 0 bridgehead atoms. The van der Waals surface area contributed by atoms with E-state index < -0.39 is 5.97 Å². The molecule has 0 aliphatic carbocycles. The number of benzene rings is 1. The number of ether oxygens (including phenoxy) is 1. The number of rotatable bonds is 5. The number of nitrogens with two attached hydrogens (primary N) is 1. The van der Waals surface area contributed by atoms with Crippen LogP contribution in [-0.4, -0.2) is 12.6 Å². The van der Waals surface area contributed by atoms with Crippen molar-refractivity contribution in [2.24, 2.45) is 0 Å². The molecular weight excluding hydrogens is 330 g/mol. The van der Waals surface area contributed by atoms with E-state index in [0.29, 0.717) is 28.1 Å². The molecule has 2 N–H and O–H groups in total. The van der Waals surface area contributed by atoms with Crippen molar-refractivity contribution in [2.45, 2.75) is 26.7 Å². The first-order valence-electron chi connectivity index (χ1n) is 7.45. The molecule has 0 aliphatic heterocycles. The summed E-state index contributed by atoms with van der Waals surface area (Å²) in [6.07, 6.45) is 3.73. The van der Waals surface area contributed by atoms with Gasteiger partial charge in [0.05, 0.1) is 6.61 Å². The van der Waals surface area contributed by atoms with E-state index >= 15 is 0 Å². The highest BCUT2D eigenvalue weighted by Crippen LogP contribution is 2.29. The Bertz CT molecular complexity index is 735. The van der Waals surface area contributed by atoms with Gasteiger partial charge in [-0.15, -0.1) is 11.3 Å². The quantitative estimate of drug-likeness (QED) is 0.730. The topological polar surface area (TPSA) is 52.3 Å². The lowest BCUT2D eigenvalue weighted by atomic mass is 10.0. The minimum atomic E-state index is -0.396. The zero-order valence-corrected chi connectivity index (χ0v) is 15.0. The van der Waals surface area contributed by atoms with Gasteiger partial charge in [0.25, 0.3) is 0 Å². The first-order chi connectivity index (χ1) is 10.9. The second-order valence-corrected chi connectivity index (χ2v) is 6.74. The fourth-order valence-electron chi connectivity index (χ4n) is 2.15. The van der Waals surface area contributed by atoms with Gasteiger partial charge >= 0.3 is 5.97 Å². The van der Waals surface area contributed by atoms with Crippen LogP contribution in [0.15, 0.2) is 23.6 Å². The minimum Gasteiger partial charge on any atom is -0.462 e. The third-order valence-corrected chi connectivity index (χ3v) is 4.62. The van der Waals surface area contributed by atoms with Gasteiger partial charge in [-0.25, -0.2) is 4.79 Å². The molecule has 0 saturated carbocycles. The summed E-state index contributed by atoms with van der Waals surface area (Å²) in [6, 6.07) is 6.01. The Kier molecular flexibility index (Phi) is 5.85. The average molecular weight is 350 g/mol. The van der Waals surface area contributed by atoms with Crippen LogP contribution in [0.1, 0.15) is 53.7 Å². The van der Waals surface area contributed by atoms with Crippen molar-refractivity contribution in [2.75, 3.05) is 12.3 Å². The maximum absolute atomic E-state index is 12.0. The van der Waals surface area contributed by atoms with E-state index in [1.165, 1.54) is 16.9 Å². The van der Waals surface area contributed by atoms with Crippen LogP contribution in [0.5, 0.6) is 0 Å². The maximum atomic E-state index is 12.0. The van der Waals surface area contributed by atoms with Crippen molar-refractivity contribution in [3.63, 3.8) is 0 Å². The summed E-state index contributed by atoms with van der Waals surface area (Å²) in [4.78, 5) is 12.0. The van der Waals surface area contributed by atoms with Crippen molar-refractivity contribution in [1.82, 2.24) is 0 Å². The van der Waals surface area contributed by atoms with E-state index in [2.05, 4.69) is 19.9 Å². The Balaban J connectivity index is 2.29.